The molecule has 0 bridgehead atoms. The lowest BCUT2D eigenvalue weighted by Crippen LogP contribution is -2.44. The maximum Gasteiger partial charge on any atom is 0.158 e. The lowest BCUT2D eigenvalue weighted by atomic mass is 10.1. The van der Waals surface area contributed by atoms with Gasteiger partial charge in [0, 0.05) is 39.3 Å². The Kier molecular flexibility index (Phi) is 5.39. The Morgan fingerprint density at radius 3 is 2.63 bits per heavy atom. The molecule has 0 aliphatic heterocycles. The summed E-state index contributed by atoms with van der Waals surface area (Å²) in [6, 6.07) is 4.80. The number of furan rings is 1. The Labute approximate surface area is 114 Å². The van der Waals surface area contributed by atoms with Crippen molar-refractivity contribution in [3.05, 3.63) is 24.2 Å². The number of rotatable bonds is 9. The van der Waals surface area contributed by atoms with Crippen molar-refractivity contribution in [2.24, 2.45) is 5.73 Å². The topological polar surface area (TPSA) is 60.9 Å². The van der Waals surface area contributed by atoms with Crippen molar-refractivity contribution in [2.75, 3.05) is 20.8 Å². The van der Waals surface area contributed by atoms with Gasteiger partial charge in [-0.3, -0.25) is 4.90 Å². The van der Waals surface area contributed by atoms with E-state index in [0.717, 1.165) is 18.7 Å². The van der Waals surface area contributed by atoms with Gasteiger partial charge >= 0.3 is 0 Å². The molecule has 1 unspecified atom stereocenters. The van der Waals surface area contributed by atoms with Crippen molar-refractivity contribution in [1.82, 2.24) is 4.90 Å². The van der Waals surface area contributed by atoms with Crippen LogP contribution in [0.2, 0.25) is 0 Å². The molecular weight excluding hydrogens is 244 g/mol. The summed E-state index contributed by atoms with van der Waals surface area (Å²) in [5.74, 6) is 0.983. The molecule has 1 aliphatic carbocycles. The van der Waals surface area contributed by atoms with Gasteiger partial charge in [-0.05, 0) is 25.0 Å². The van der Waals surface area contributed by atoms with Crippen molar-refractivity contribution in [2.45, 2.75) is 44.2 Å². The van der Waals surface area contributed by atoms with Gasteiger partial charge in [-0.15, -0.1) is 0 Å². The first-order valence-electron chi connectivity index (χ1n) is 6.82. The first-order valence-corrected chi connectivity index (χ1v) is 6.82. The number of nitrogens with zero attached hydrogens (tertiary/aromatic N) is 1. The summed E-state index contributed by atoms with van der Waals surface area (Å²) in [5.41, 5.74) is 5.94. The van der Waals surface area contributed by atoms with E-state index in [4.69, 9.17) is 19.6 Å². The predicted octanol–water partition coefficient (Wildman–Crippen LogP) is 1.58. The number of hydrogen-bond acceptors (Lipinski definition) is 5. The molecule has 2 N–H and O–H groups in total. The smallest absolute Gasteiger partial charge is 0.158 e. The van der Waals surface area contributed by atoms with Crippen molar-refractivity contribution in [3.8, 4) is 0 Å². The molecule has 1 aromatic heterocycles. The average Bonchev–Trinajstić information content (AvgIpc) is 3.15. The van der Waals surface area contributed by atoms with Gasteiger partial charge in [-0.25, -0.2) is 0 Å². The quantitative estimate of drug-likeness (QED) is 0.689. The van der Waals surface area contributed by atoms with E-state index in [-0.39, 0.29) is 12.3 Å². The molecule has 0 radical (unpaired) electrons. The summed E-state index contributed by atoms with van der Waals surface area (Å²) in [4.78, 5) is 2.42. The van der Waals surface area contributed by atoms with Crippen molar-refractivity contribution < 1.29 is 13.9 Å². The average molecular weight is 268 g/mol. The number of methoxy groups -OCH3 is 2. The van der Waals surface area contributed by atoms with Crippen LogP contribution < -0.4 is 5.73 Å². The minimum absolute atomic E-state index is 0.202. The summed E-state index contributed by atoms with van der Waals surface area (Å²) < 4.78 is 16.0. The second kappa shape index (κ2) is 7.05. The highest BCUT2D eigenvalue weighted by Crippen LogP contribution is 2.31. The van der Waals surface area contributed by atoms with Crippen LogP contribution in [0.1, 0.15) is 25.0 Å². The standard InChI is InChI=1S/C14H24N2O3/c1-17-14(18-2)8-12(9-15)16(11-5-6-11)10-13-4-3-7-19-13/h3-4,7,11-12,14H,5-6,8-10,15H2,1-2H3. The molecule has 5 heteroatoms. The van der Waals surface area contributed by atoms with Crippen LogP contribution >= 0.6 is 0 Å². The van der Waals surface area contributed by atoms with E-state index >= 15 is 0 Å². The van der Waals surface area contributed by atoms with E-state index in [1.54, 1.807) is 20.5 Å². The SMILES string of the molecule is COC(CC(CN)N(Cc1ccco1)C1CC1)OC. The zero-order valence-corrected chi connectivity index (χ0v) is 11.7. The van der Waals surface area contributed by atoms with E-state index < -0.39 is 0 Å². The minimum Gasteiger partial charge on any atom is -0.468 e. The van der Waals surface area contributed by atoms with Gasteiger partial charge in [0.1, 0.15) is 5.76 Å². The zero-order chi connectivity index (χ0) is 13.7. The van der Waals surface area contributed by atoms with E-state index in [1.807, 2.05) is 12.1 Å². The normalized spacial score (nSPS) is 17.3. The summed E-state index contributed by atoms with van der Waals surface area (Å²) in [5, 5.41) is 0. The molecule has 1 aromatic rings. The monoisotopic (exact) mass is 268 g/mol. The van der Waals surface area contributed by atoms with Gasteiger partial charge in [-0.2, -0.15) is 0 Å². The van der Waals surface area contributed by atoms with Crippen LogP contribution in [0, 0.1) is 0 Å². The van der Waals surface area contributed by atoms with E-state index in [9.17, 15) is 0 Å². The molecule has 1 aliphatic rings. The Hall–Kier alpha value is -0.880. The van der Waals surface area contributed by atoms with Crippen LogP contribution in [-0.2, 0) is 16.0 Å². The van der Waals surface area contributed by atoms with E-state index in [0.29, 0.717) is 12.6 Å². The van der Waals surface area contributed by atoms with Crippen molar-refractivity contribution in [3.63, 3.8) is 0 Å². The number of nitrogens with two attached hydrogens (primary N) is 1. The molecule has 19 heavy (non-hydrogen) atoms. The highest BCUT2D eigenvalue weighted by Gasteiger charge is 2.35. The number of hydrogen-bond donors (Lipinski definition) is 1. The summed E-state index contributed by atoms with van der Waals surface area (Å²) in [6.45, 7) is 1.40. The molecule has 1 heterocycles. The lowest BCUT2D eigenvalue weighted by Gasteiger charge is -2.32. The van der Waals surface area contributed by atoms with Gasteiger partial charge in [0.2, 0.25) is 0 Å². The summed E-state index contributed by atoms with van der Waals surface area (Å²) in [7, 11) is 3.32. The van der Waals surface area contributed by atoms with Crippen LogP contribution in [0.3, 0.4) is 0 Å². The minimum atomic E-state index is -0.202. The highest BCUT2D eigenvalue weighted by molar-refractivity contribution is 5.01. The maximum atomic E-state index is 5.94. The Morgan fingerprint density at radius 1 is 1.42 bits per heavy atom. The fraction of sp³-hybridized carbons (Fsp3) is 0.714. The third kappa shape index (κ3) is 4.04. The molecule has 1 atom stereocenters. The van der Waals surface area contributed by atoms with Crippen LogP contribution in [0.15, 0.2) is 22.8 Å². The first kappa shape index (κ1) is 14.5. The number of ether oxygens (including phenoxy) is 2. The Bertz CT molecular complexity index is 348. The molecule has 1 fully saturated rings. The van der Waals surface area contributed by atoms with Gasteiger partial charge in [-0.1, -0.05) is 0 Å². The summed E-state index contributed by atoms with van der Waals surface area (Å²) in [6.07, 6.45) is 4.77. The highest BCUT2D eigenvalue weighted by atomic mass is 16.7. The molecule has 0 aromatic carbocycles. The van der Waals surface area contributed by atoms with Crippen LogP contribution in [0.5, 0.6) is 0 Å². The molecule has 0 spiro atoms. The molecular formula is C14H24N2O3. The van der Waals surface area contributed by atoms with E-state index in [2.05, 4.69) is 4.90 Å². The largest absolute Gasteiger partial charge is 0.468 e. The molecule has 0 amide bonds. The lowest BCUT2D eigenvalue weighted by molar-refractivity contribution is -0.117. The van der Waals surface area contributed by atoms with Crippen LogP contribution in [0.25, 0.3) is 0 Å². The molecule has 2 rings (SSSR count). The molecule has 0 saturated heterocycles. The predicted molar refractivity (Wildman–Crippen MR) is 72.5 cm³/mol. The Morgan fingerprint density at radius 2 is 2.16 bits per heavy atom. The second-order valence-electron chi connectivity index (χ2n) is 5.01. The molecule has 5 nitrogen and oxygen atoms in total. The molecule has 1 saturated carbocycles. The fourth-order valence-electron chi connectivity index (χ4n) is 2.42. The fourth-order valence-corrected chi connectivity index (χ4v) is 2.42. The summed E-state index contributed by atoms with van der Waals surface area (Å²) >= 11 is 0. The van der Waals surface area contributed by atoms with Crippen molar-refractivity contribution >= 4 is 0 Å². The molecule has 108 valence electrons. The van der Waals surface area contributed by atoms with Crippen LogP contribution in [0.4, 0.5) is 0 Å². The van der Waals surface area contributed by atoms with Gasteiger partial charge in [0.05, 0.1) is 12.8 Å². The van der Waals surface area contributed by atoms with Gasteiger partial charge in [0.15, 0.2) is 6.29 Å². The first-order chi connectivity index (χ1) is 9.28. The van der Waals surface area contributed by atoms with E-state index in [1.165, 1.54) is 12.8 Å². The maximum absolute atomic E-state index is 5.94. The zero-order valence-electron chi connectivity index (χ0n) is 11.7. The van der Waals surface area contributed by atoms with Crippen molar-refractivity contribution in [1.29, 1.82) is 0 Å². The second-order valence-corrected chi connectivity index (χ2v) is 5.01. The Balaban J connectivity index is 1.99. The third-order valence-electron chi connectivity index (χ3n) is 3.67. The van der Waals surface area contributed by atoms with Crippen LogP contribution in [-0.4, -0.2) is 44.0 Å². The third-order valence-corrected chi connectivity index (χ3v) is 3.67. The van der Waals surface area contributed by atoms with Gasteiger partial charge in [0.25, 0.3) is 0 Å². The van der Waals surface area contributed by atoms with Gasteiger partial charge < -0.3 is 19.6 Å².